The molecule has 1 aliphatic heterocycles. The Balaban J connectivity index is 1.39. The minimum atomic E-state index is -3.57. The average Bonchev–Trinajstić information content (AvgIpc) is 3.44. The summed E-state index contributed by atoms with van der Waals surface area (Å²) in [6.07, 6.45) is 4.39. The van der Waals surface area contributed by atoms with Crippen molar-refractivity contribution in [1.82, 2.24) is 33.4 Å². The minimum Gasteiger partial charge on any atom is -0.452 e. The van der Waals surface area contributed by atoms with E-state index in [9.17, 15) is 13.2 Å². The number of aryl methyl sites for hydroxylation is 2. The molecule has 3 aromatic heterocycles. The van der Waals surface area contributed by atoms with E-state index in [0.29, 0.717) is 36.8 Å². The van der Waals surface area contributed by atoms with Gasteiger partial charge in [-0.3, -0.25) is 0 Å². The molecule has 4 heterocycles. The Kier molecular flexibility index (Phi) is 5.78. The number of aromatic nitrogens is 6. The van der Waals surface area contributed by atoms with Crippen LogP contribution in [0.2, 0.25) is 0 Å². The molecule has 0 unspecified atom stereocenters. The minimum absolute atomic E-state index is 0.0872. The van der Waals surface area contributed by atoms with Gasteiger partial charge >= 0.3 is 5.97 Å². The third-order valence-electron chi connectivity index (χ3n) is 6.01. The SMILES string of the molecule is CCn1c(COC(=O)c2nc3nccc(C)n3n2)nc2cc(S(=O)(=O)N3CCCCC3)ccc21. The molecular formula is C22H25N7O4S. The molecule has 178 valence electrons. The van der Waals surface area contributed by atoms with Crippen LogP contribution in [0.3, 0.4) is 0 Å². The highest BCUT2D eigenvalue weighted by molar-refractivity contribution is 7.89. The second kappa shape index (κ2) is 8.76. The summed E-state index contributed by atoms with van der Waals surface area (Å²) in [6, 6.07) is 6.73. The van der Waals surface area contributed by atoms with Gasteiger partial charge in [0.1, 0.15) is 12.4 Å². The zero-order valence-corrected chi connectivity index (χ0v) is 19.8. The molecule has 11 nitrogen and oxygen atoms in total. The highest BCUT2D eigenvalue weighted by atomic mass is 32.2. The van der Waals surface area contributed by atoms with Gasteiger partial charge in [-0.15, -0.1) is 5.10 Å². The molecule has 1 fully saturated rings. The van der Waals surface area contributed by atoms with E-state index in [2.05, 4.69) is 20.1 Å². The molecule has 1 aromatic carbocycles. The van der Waals surface area contributed by atoms with E-state index in [1.807, 2.05) is 18.4 Å². The zero-order valence-electron chi connectivity index (χ0n) is 19.0. The lowest BCUT2D eigenvalue weighted by atomic mass is 10.2. The maximum atomic E-state index is 13.1. The van der Waals surface area contributed by atoms with Gasteiger partial charge in [0.25, 0.3) is 11.6 Å². The molecule has 0 atom stereocenters. The number of nitrogens with zero attached hydrogens (tertiary/aromatic N) is 7. The number of benzene rings is 1. The smallest absolute Gasteiger partial charge is 0.378 e. The molecule has 4 aromatic rings. The predicted molar refractivity (Wildman–Crippen MR) is 123 cm³/mol. The highest BCUT2D eigenvalue weighted by Gasteiger charge is 2.27. The van der Waals surface area contributed by atoms with Crippen LogP contribution in [0.15, 0.2) is 35.4 Å². The summed E-state index contributed by atoms with van der Waals surface area (Å²) in [5.41, 5.74) is 2.10. The number of ether oxygens (including phenoxy) is 1. The molecule has 0 spiro atoms. The molecule has 0 amide bonds. The van der Waals surface area contributed by atoms with Crippen molar-refractivity contribution in [2.45, 2.75) is 51.2 Å². The summed E-state index contributed by atoms with van der Waals surface area (Å²) in [5, 5.41) is 4.16. The molecular weight excluding hydrogens is 458 g/mol. The summed E-state index contributed by atoms with van der Waals surface area (Å²) in [6.45, 7) is 5.34. The summed E-state index contributed by atoms with van der Waals surface area (Å²) in [4.78, 5) is 25.6. The molecule has 0 aliphatic carbocycles. The molecule has 5 rings (SSSR count). The Morgan fingerprint density at radius 3 is 2.65 bits per heavy atom. The number of hydrogen-bond acceptors (Lipinski definition) is 8. The molecule has 34 heavy (non-hydrogen) atoms. The van der Waals surface area contributed by atoms with Crippen LogP contribution >= 0.6 is 0 Å². The number of piperidine rings is 1. The summed E-state index contributed by atoms with van der Waals surface area (Å²) in [7, 11) is -3.57. The van der Waals surface area contributed by atoms with Crippen LogP contribution in [0.25, 0.3) is 16.8 Å². The number of rotatable bonds is 6. The number of imidazole rings is 1. The van der Waals surface area contributed by atoms with Crippen molar-refractivity contribution >= 4 is 32.8 Å². The van der Waals surface area contributed by atoms with Crippen molar-refractivity contribution in [3.63, 3.8) is 0 Å². The van der Waals surface area contributed by atoms with Gasteiger partial charge in [0, 0.05) is 31.5 Å². The Morgan fingerprint density at radius 1 is 1.12 bits per heavy atom. The van der Waals surface area contributed by atoms with Crippen LogP contribution in [0, 0.1) is 6.92 Å². The predicted octanol–water partition coefficient (Wildman–Crippen LogP) is 2.33. The van der Waals surface area contributed by atoms with Gasteiger partial charge in [-0.2, -0.15) is 9.29 Å². The first-order chi connectivity index (χ1) is 16.4. The standard InChI is InChI=1S/C22H25N7O4S/c1-3-28-18-8-7-16(34(31,32)27-11-5-4-6-12-27)13-17(18)24-19(28)14-33-21(30)20-25-22-23-10-9-15(2)29(22)26-20/h7-10,13H,3-6,11-12,14H2,1-2H3. The third-order valence-corrected chi connectivity index (χ3v) is 7.91. The van der Waals surface area contributed by atoms with Crippen LogP contribution in [0.5, 0.6) is 0 Å². The van der Waals surface area contributed by atoms with Crippen LogP contribution in [-0.2, 0) is 27.9 Å². The monoisotopic (exact) mass is 483 g/mol. The molecule has 0 saturated carbocycles. The van der Waals surface area contributed by atoms with E-state index in [1.165, 1.54) is 8.82 Å². The normalized spacial score (nSPS) is 15.2. The topological polar surface area (TPSA) is 125 Å². The van der Waals surface area contributed by atoms with E-state index < -0.39 is 16.0 Å². The second-order valence-electron chi connectivity index (χ2n) is 8.20. The Morgan fingerprint density at radius 2 is 1.91 bits per heavy atom. The number of carbonyl (C=O) groups is 1. The summed E-state index contributed by atoms with van der Waals surface area (Å²) >= 11 is 0. The Hall–Kier alpha value is -3.38. The quantitative estimate of drug-likeness (QED) is 0.383. The van der Waals surface area contributed by atoms with Gasteiger partial charge in [-0.05, 0) is 51.0 Å². The van der Waals surface area contributed by atoms with Crippen molar-refractivity contribution in [2.75, 3.05) is 13.1 Å². The van der Waals surface area contributed by atoms with Gasteiger partial charge < -0.3 is 9.30 Å². The fourth-order valence-corrected chi connectivity index (χ4v) is 5.76. The number of carbonyl (C=O) groups excluding carboxylic acids is 1. The van der Waals surface area contributed by atoms with Crippen LogP contribution < -0.4 is 0 Å². The molecule has 0 bridgehead atoms. The lowest BCUT2D eigenvalue weighted by Gasteiger charge is -2.25. The van der Waals surface area contributed by atoms with E-state index >= 15 is 0 Å². The number of hydrogen-bond donors (Lipinski definition) is 0. The second-order valence-corrected chi connectivity index (χ2v) is 10.1. The van der Waals surface area contributed by atoms with E-state index in [0.717, 1.165) is 30.5 Å². The van der Waals surface area contributed by atoms with E-state index in [4.69, 9.17) is 4.74 Å². The van der Waals surface area contributed by atoms with Crippen molar-refractivity contribution in [3.8, 4) is 0 Å². The fraction of sp³-hybridized carbons (Fsp3) is 0.409. The number of sulfonamides is 1. The van der Waals surface area contributed by atoms with E-state index in [-0.39, 0.29) is 17.3 Å². The largest absolute Gasteiger partial charge is 0.452 e. The maximum absolute atomic E-state index is 13.1. The lowest BCUT2D eigenvalue weighted by molar-refractivity contribution is 0.0444. The number of fused-ring (bicyclic) bond motifs is 2. The summed E-state index contributed by atoms with van der Waals surface area (Å²) in [5.74, 6) is 0.0514. The lowest BCUT2D eigenvalue weighted by Crippen LogP contribution is -2.35. The maximum Gasteiger partial charge on any atom is 0.378 e. The van der Waals surface area contributed by atoms with Crippen LogP contribution in [0.1, 0.15) is 48.3 Å². The molecule has 0 N–H and O–H groups in total. The zero-order chi connectivity index (χ0) is 23.9. The molecule has 0 radical (unpaired) electrons. The molecule has 1 aliphatic rings. The van der Waals surface area contributed by atoms with Crippen LogP contribution in [0.4, 0.5) is 0 Å². The van der Waals surface area contributed by atoms with Gasteiger partial charge in [0.2, 0.25) is 10.0 Å². The average molecular weight is 484 g/mol. The molecule has 12 heteroatoms. The Labute approximate surface area is 196 Å². The van der Waals surface area contributed by atoms with Gasteiger partial charge in [0.05, 0.1) is 15.9 Å². The van der Waals surface area contributed by atoms with Crippen molar-refractivity contribution in [2.24, 2.45) is 0 Å². The van der Waals surface area contributed by atoms with Crippen molar-refractivity contribution in [1.29, 1.82) is 0 Å². The first-order valence-corrected chi connectivity index (χ1v) is 12.7. The van der Waals surface area contributed by atoms with Gasteiger partial charge in [0.15, 0.2) is 0 Å². The first kappa shape index (κ1) is 22.4. The first-order valence-electron chi connectivity index (χ1n) is 11.2. The molecule has 1 saturated heterocycles. The van der Waals surface area contributed by atoms with Gasteiger partial charge in [-0.1, -0.05) is 6.42 Å². The van der Waals surface area contributed by atoms with Crippen molar-refractivity contribution in [3.05, 3.63) is 47.8 Å². The third kappa shape index (κ3) is 3.92. The van der Waals surface area contributed by atoms with E-state index in [1.54, 1.807) is 30.5 Å². The van der Waals surface area contributed by atoms with Crippen LogP contribution in [-0.4, -0.2) is 60.9 Å². The number of esters is 1. The van der Waals surface area contributed by atoms with Crippen molar-refractivity contribution < 1.29 is 17.9 Å². The summed E-state index contributed by atoms with van der Waals surface area (Å²) < 4.78 is 36.5. The Bertz CT molecular complexity index is 1490. The fourth-order valence-electron chi connectivity index (χ4n) is 4.22. The highest BCUT2D eigenvalue weighted by Crippen LogP contribution is 2.25. The van der Waals surface area contributed by atoms with Gasteiger partial charge in [-0.25, -0.2) is 27.7 Å².